The molecule has 6 nitrogen and oxygen atoms in total. The highest BCUT2D eigenvalue weighted by Gasteiger charge is 2.15. The SMILES string of the molecule is Cc1nn(C)cc1CN(C)Cc1nc(-c2cccc(Oc3ccccc3)c2)oc1C. The molecule has 0 N–H and O–H groups in total. The Kier molecular flexibility index (Phi) is 5.68. The highest BCUT2D eigenvalue weighted by molar-refractivity contribution is 5.57. The van der Waals surface area contributed by atoms with Crippen molar-refractivity contribution in [2.45, 2.75) is 26.9 Å². The van der Waals surface area contributed by atoms with E-state index in [0.717, 1.165) is 40.8 Å². The fraction of sp³-hybridized carbons (Fsp3) is 0.250. The number of oxazole rings is 1. The first-order valence-corrected chi connectivity index (χ1v) is 9.95. The third-order valence-corrected chi connectivity index (χ3v) is 4.93. The Hall–Kier alpha value is -3.38. The minimum Gasteiger partial charge on any atom is -0.457 e. The lowest BCUT2D eigenvalue weighted by molar-refractivity contribution is 0.312. The average molecular weight is 402 g/mol. The quantitative estimate of drug-likeness (QED) is 0.430. The maximum Gasteiger partial charge on any atom is 0.226 e. The lowest BCUT2D eigenvalue weighted by atomic mass is 10.2. The van der Waals surface area contributed by atoms with Crippen LogP contribution in [0.2, 0.25) is 0 Å². The Morgan fingerprint density at radius 1 is 1.00 bits per heavy atom. The van der Waals surface area contributed by atoms with Gasteiger partial charge in [-0.15, -0.1) is 0 Å². The molecule has 0 aliphatic rings. The minimum absolute atomic E-state index is 0.604. The van der Waals surface area contributed by atoms with Crippen LogP contribution in [0.25, 0.3) is 11.5 Å². The van der Waals surface area contributed by atoms with Crippen molar-refractivity contribution in [2.24, 2.45) is 7.05 Å². The van der Waals surface area contributed by atoms with E-state index in [-0.39, 0.29) is 0 Å². The maximum atomic E-state index is 5.98. The van der Waals surface area contributed by atoms with Gasteiger partial charge in [-0.25, -0.2) is 4.98 Å². The first-order chi connectivity index (χ1) is 14.5. The molecule has 0 saturated heterocycles. The van der Waals surface area contributed by atoms with Gasteiger partial charge in [-0.3, -0.25) is 9.58 Å². The van der Waals surface area contributed by atoms with Gasteiger partial charge in [0.1, 0.15) is 17.3 Å². The van der Waals surface area contributed by atoms with Crippen LogP contribution < -0.4 is 4.74 Å². The van der Waals surface area contributed by atoms with Gasteiger partial charge in [-0.05, 0) is 51.2 Å². The van der Waals surface area contributed by atoms with Crippen molar-refractivity contribution in [1.82, 2.24) is 19.7 Å². The van der Waals surface area contributed by atoms with Crippen LogP contribution in [0.1, 0.15) is 22.7 Å². The van der Waals surface area contributed by atoms with Crippen molar-refractivity contribution in [3.63, 3.8) is 0 Å². The Morgan fingerprint density at radius 3 is 2.50 bits per heavy atom. The first-order valence-electron chi connectivity index (χ1n) is 9.95. The number of aromatic nitrogens is 3. The summed E-state index contributed by atoms with van der Waals surface area (Å²) in [6.07, 6.45) is 2.06. The summed E-state index contributed by atoms with van der Waals surface area (Å²) < 4.78 is 13.8. The molecule has 0 aliphatic heterocycles. The summed E-state index contributed by atoms with van der Waals surface area (Å²) in [5, 5.41) is 4.41. The van der Waals surface area contributed by atoms with Crippen molar-refractivity contribution in [3.8, 4) is 23.0 Å². The van der Waals surface area contributed by atoms with Crippen molar-refractivity contribution in [3.05, 3.63) is 83.5 Å². The van der Waals surface area contributed by atoms with Gasteiger partial charge in [0.2, 0.25) is 5.89 Å². The molecule has 0 fully saturated rings. The van der Waals surface area contributed by atoms with Gasteiger partial charge in [0.25, 0.3) is 0 Å². The van der Waals surface area contributed by atoms with E-state index in [9.17, 15) is 0 Å². The highest BCUT2D eigenvalue weighted by Crippen LogP contribution is 2.28. The number of ether oxygens (including phenoxy) is 1. The number of hydrogen-bond acceptors (Lipinski definition) is 5. The van der Waals surface area contributed by atoms with Crippen LogP contribution in [0.15, 0.2) is 65.2 Å². The third kappa shape index (κ3) is 4.60. The molecule has 30 heavy (non-hydrogen) atoms. The summed E-state index contributed by atoms with van der Waals surface area (Å²) in [6, 6.07) is 17.5. The van der Waals surface area contributed by atoms with Gasteiger partial charge < -0.3 is 9.15 Å². The molecule has 0 atom stereocenters. The van der Waals surface area contributed by atoms with Crippen LogP contribution in [-0.2, 0) is 20.1 Å². The fourth-order valence-corrected chi connectivity index (χ4v) is 3.42. The van der Waals surface area contributed by atoms with Crippen molar-refractivity contribution >= 4 is 0 Å². The van der Waals surface area contributed by atoms with Crippen LogP contribution in [0.3, 0.4) is 0 Å². The average Bonchev–Trinajstić information content (AvgIpc) is 3.24. The third-order valence-electron chi connectivity index (χ3n) is 4.93. The van der Waals surface area contributed by atoms with E-state index < -0.39 is 0 Å². The number of benzene rings is 2. The maximum absolute atomic E-state index is 5.98. The monoisotopic (exact) mass is 402 g/mol. The second-order valence-electron chi connectivity index (χ2n) is 7.55. The normalized spacial score (nSPS) is 11.2. The molecule has 4 rings (SSSR count). The molecule has 0 bridgehead atoms. The summed E-state index contributed by atoms with van der Waals surface area (Å²) in [4.78, 5) is 6.97. The molecule has 0 aliphatic carbocycles. The van der Waals surface area contributed by atoms with Crippen LogP contribution in [0.5, 0.6) is 11.5 Å². The molecule has 2 aromatic heterocycles. The van der Waals surface area contributed by atoms with Crippen molar-refractivity contribution in [2.75, 3.05) is 7.05 Å². The molecule has 4 aromatic rings. The molecule has 6 heteroatoms. The smallest absolute Gasteiger partial charge is 0.226 e. The summed E-state index contributed by atoms with van der Waals surface area (Å²) in [5.74, 6) is 2.98. The first kappa shape index (κ1) is 19.9. The number of para-hydroxylation sites is 1. The molecule has 0 spiro atoms. The van der Waals surface area contributed by atoms with E-state index in [1.54, 1.807) is 0 Å². The van der Waals surface area contributed by atoms with E-state index in [1.807, 2.05) is 80.2 Å². The molecule has 0 radical (unpaired) electrons. The summed E-state index contributed by atoms with van der Waals surface area (Å²) >= 11 is 0. The van der Waals surface area contributed by atoms with Gasteiger partial charge in [-0.1, -0.05) is 24.3 Å². The predicted molar refractivity (Wildman–Crippen MR) is 116 cm³/mol. The standard InChI is InChI=1S/C24H26N4O2/c1-17-20(15-28(4)26-17)14-27(3)16-23-18(2)29-24(25-23)19-9-8-12-22(13-19)30-21-10-6-5-7-11-21/h5-13,15H,14,16H2,1-4H3. The molecule has 0 amide bonds. The zero-order valence-electron chi connectivity index (χ0n) is 17.8. The second kappa shape index (κ2) is 8.55. The number of aryl methyl sites for hydroxylation is 3. The fourth-order valence-electron chi connectivity index (χ4n) is 3.42. The highest BCUT2D eigenvalue weighted by atomic mass is 16.5. The van der Waals surface area contributed by atoms with E-state index in [1.165, 1.54) is 5.56 Å². The molecule has 154 valence electrons. The summed E-state index contributed by atoms with van der Waals surface area (Å²) in [7, 11) is 4.02. The van der Waals surface area contributed by atoms with E-state index >= 15 is 0 Å². The molecule has 2 aromatic carbocycles. The van der Waals surface area contributed by atoms with Gasteiger partial charge in [0.15, 0.2) is 0 Å². The molecular weight excluding hydrogens is 376 g/mol. The predicted octanol–water partition coefficient (Wildman–Crippen LogP) is 5.12. The van der Waals surface area contributed by atoms with Crippen LogP contribution in [0, 0.1) is 13.8 Å². The Labute approximate surface area is 176 Å². The van der Waals surface area contributed by atoms with Crippen LogP contribution in [-0.4, -0.2) is 26.7 Å². The lowest BCUT2D eigenvalue weighted by Gasteiger charge is -2.14. The summed E-state index contributed by atoms with van der Waals surface area (Å²) in [5.41, 5.74) is 4.09. The van der Waals surface area contributed by atoms with E-state index in [0.29, 0.717) is 12.4 Å². The minimum atomic E-state index is 0.604. The van der Waals surface area contributed by atoms with Gasteiger partial charge in [0, 0.05) is 37.5 Å². The Morgan fingerprint density at radius 2 is 1.77 bits per heavy atom. The van der Waals surface area contributed by atoms with Gasteiger partial charge in [0.05, 0.1) is 11.4 Å². The Bertz CT molecular complexity index is 1130. The number of rotatable bonds is 7. The molecule has 2 heterocycles. The molecule has 0 saturated carbocycles. The zero-order chi connectivity index (χ0) is 21.1. The molecular formula is C24H26N4O2. The van der Waals surface area contributed by atoms with Crippen LogP contribution in [0.4, 0.5) is 0 Å². The van der Waals surface area contributed by atoms with Crippen LogP contribution >= 0.6 is 0 Å². The second-order valence-corrected chi connectivity index (χ2v) is 7.55. The van der Waals surface area contributed by atoms with Gasteiger partial charge >= 0.3 is 0 Å². The van der Waals surface area contributed by atoms with E-state index in [2.05, 4.69) is 23.2 Å². The lowest BCUT2D eigenvalue weighted by Crippen LogP contribution is -2.18. The Balaban J connectivity index is 1.48. The van der Waals surface area contributed by atoms with Gasteiger partial charge in [-0.2, -0.15) is 5.10 Å². The zero-order valence-corrected chi connectivity index (χ0v) is 17.8. The molecule has 0 unspecified atom stereocenters. The number of hydrogen-bond donors (Lipinski definition) is 0. The van der Waals surface area contributed by atoms with Crippen molar-refractivity contribution in [1.29, 1.82) is 0 Å². The topological polar surface area (TPSA) is 56.3 Å². The number of nitrogens with zero attached hydrogens (tertiary/aromatic N) is 4. The largest absolute Gasteiger partial charge is 0.457 e. The summed E-state index contributed by atoms with van der Waals surface area (Å²) in [6.45, 7) is 5.50. The van der Waals surface area contributed by atoms with Crippen molar-refractivity contribution < 1.29 is 9.15 Å². The van der Waals surface area contributed by atoms with E-state index in [4.69, 9.17) is 14.1 Å².